The molecule has 0 aliphatic rings. The number of hydrogen-bond acceptors (Lipinski definition) is 4. The van der Waals surface area contributed by atoms with Crippen LogP contribution in [0.3, 0.4) is 0 Å². The molecular weight excluding hydrogens is 230 g/mol. The maximum Gasteiger partial charge on any atom is 0.347 e. The van der Waals surface area contributed by atoms with Gasteiger partial charge in [0.15, 0.2) is 0 Å². The molecule has 5 heteroatoms. The molecule has 0 radical (unpaired) electrons. The summed E-state index contributed by atoms with van der Waals surface area (Å²) in [6.07, 6.45) is 0. The largest absolute Gasteiger partial charge is 0.496 e. The van der Waals surface area contributed by atoms with Gasteiger partial charge in [-0.2, -0.15) is 4.98 Å². The third-order valence-corrected chi connectivity index (χ3v) is 2.87. The molecule has 0 bridgehead atoms. The molecule has 2 rings (SSSR count). The zero-order chi connectivity index (χ0) is 13.3. The van der Waals surface area contributed by atoms with Gasteiger partial charge in [-0.25, -0.2) is 4.79 Å². The molecule has 0 saturated carbocycles. The zero-order valence-corrected chi connectivity index (χ0v) is 10.6. The third kappa shape index (κ3) is 2.20. The number of aromatic amines is 1. The Kier molecular flexibility index (Phi) is 3.06. The number of methoxy groups -OCH3 is 1. The van der Waals surface area contributed by atoms with Gasteiger partial charge < -0.3 is 15.5 Å². The standard InChI is InChI=1S/C13H15N3O2/c1-7-4-9(11(18-3)5-8(7)2)10-6-12(14)16-13(17)15-10/h4-6H,1-3H3,(H3,14,15,16,17). The highest BCUT2D eigenvalue weighted by molar-refractivity contribution is 5.70. The minimum absolute atomic E-state index is 0.189. The van der Waals surface area contributed by atoms with Crippen LogP contribution in [0.2, 0.25) is 0 Å². The highest BCUT2D eigenvalue weighted by Crippen LogP contribution is 2.31. The summed E-state index contributed by atoms with van der Waals surface area (Å²) in [7, 11) is 1.59. The van der Waals surface area contributed by atoms with Gasteiger partial charge in [0.25, 0.3) is 0 Å². The van der Waals surface area contributed by atoms with Gasteiger partial charge in [-0.1, -0.05) is 0 Å². The van der Waals surface area contributed by atoms with Gasteiger partial charge in [0.05, 0.1) is 12.8 Å². The second-order valence-electron chi connectivity index (χ2n) is 4.16. The molecule has 0 unspecified atom stereocenters. The van der Waals surface area contributed by atoms with E-state index in [1.807, 2.05) is 26.0 Å². The van der Waals surface area contributed by atoms with E-state index in [1.54, 1.807) is 13.2 Å². The number of benzene rings is 1. The minimum atomic E-state index is -0.467. The number of nitrogens with zero attached hydrogens (tertiary/aromatic N) is 1. The van der Waals surface area contributed by atoms with Gasteiger partial charge >= 0.3 is 5.69 Å². The van der Waals surface area contributed by atoms with Gasteiger partial charge in [0, 0.05) is 11.6 Å². The number of aryl methyl sites for hydroxylation is 2. The van der Waals surface area contributed by atoms with E-state index in [4.69, 9.17) is 10.5 Å². The lowest BCUT2D eigenvalue weighted by Crippen LogP contribution is -2.13. The fraction of sp³-hybridized carbons (Fsp3) is 0.231. The van der Waals surface area contributed by atoms with Crippen molar-refractivity contribution in [2.75, 3.05) is 12.8 Å². The highest BCUT2D eigenvalue weighted by atomic mass is 16.5. The maximum atomic E-state index is 11.3. The van der Waals surface area contributed by atoms with Gasteiger partial charge in [0.1, 0.15) is 11.6 Å². The van der Waals surface area contributed by atoms with Crippen molar-refractivity contribution in [1.82, 2.24) is 9.97 Å². The van der Waals surface area contributed by atoms with E-state index in [0.717, 1.165) is 16.7 Å². The summed E-state index contributed by atoms with van der Waals surface area (Å²) in [6.45, 7) is 4.01. The van der Waals surface area contributed by atoms with Crippen molar-refractivity contribution >= 4 is 5.82 Å². The van der Waals surface area contributed by atoms with Gasteiger partial charge in [0.2, 0.25) is 0 Å². The Morgan fingerprint density at radius 2 is 1.89 bits per heavy atom. The first-order valence-corrected chi connectivity index (χ1v) is 5.53. The molecule has 0 aliphatic heterocycles. The van der Waals surface area contributed by atoms with Crippen molar-refractivity contribution in [3.05, 3.63) is 39.8 Å². The van der Waals surface area contributed by atoms with Crippen LogP contribution in [0, 0.1) is 13.8 Å². The number of nitrogens with two attached hydrogens (primary N) is 1. The number of rotatable bonds is 2. The summed E-state index contributed by atoms with van der Waals surface area (Å²) in [5.74, 6) is 0.883. The number of nitrogens with one attached hydrogen (secondary N) is 1. The smallest absolute Gasteiger partial charge is 0.347 e. The lowest BCUT2D eigenvalue weighted by atomic mass is 10.0. The average molecular weight is 245 g/mol. The lowest BCUT2D eigenvalue weighted by Gasteiger charge is -2.11. The monoisotopic (exact) mass is 245 g/mol. The Morgan fingerprint density at radius 3 is 2.50 bits per heavy atom. The Bertz CT molecular complexity index is 647. The van der Waals surface area contributed by atoms with E-state index in [1.165, 1.54) is 0 Å². The quantitative estimate of drug-likeness (QED) is 0.842. The van der Waals surface area contributed by atoms with Crippen LogP contribution in [0.25, 0.3) is 11.3 Å². The minimum Gasteiger partial charge on any atom is -0.496 e. The van der Waals surface area contributed by atoms with Crippen LogP contribution in [0.1, 0.15) is 11.1 Å². The molecule has 1 aromatic heterocycles. The van der Waals surface area contributed by atoms with E-state index < -0.39 is 5.69 Å². The van der Waals surface area contributed by atoms with Crippen molar-refractivity contribution in [1.29, 1.82) is 0 Å². The summed E-state index contributed by atoms with van der Waals surface area (Å²) in [4.78, 5) is 17.6. The van der Waals surface area contributed by atoms with E-state index in [0.29, 0.717) is 11.4 Å². The number of hydrogen-bond donors (Lipinski definition) is 2. The van der Waals surface area contributed by atoms with E-state index >= 15 is 0 Å². The van der Waals surface area contributed by atoms with Gasteiger partial charge in [-0.3, -0.25) is 0 Å². The Labute approximate surface area is 105 Å². The van der Waals surface area contributed by atoms with Crippen LogP contribution in [0.4, 0.5) is 5.82 Å². The van der Waals surface area contributed by atoms with Crippen LogP contribution >= 0.6 is 0 Å². The molecule has 1 aromatic carbocycles. The molecule has 2 aromatic rings. The molecule has 18 heavy (non-hydrogen) atoms. The third-order valence-electron chi connectivity index (χ3n) is 2.87. The first kappa shape index (κ1) is 12.2. The van der Waals surface area contributed by atoms with Crippen molar-refractivity contribution in [3.63, 3.8) is 0 Å². The second-order valence-corrected chi connectivity index (χ2v) is 4.16. The summed E-state index contributed by atoms with van der Waals surface area (Å²) >= 11 is 0. The predicted molar refractivity (Wildman–Crippen MR) is 70.7 cm³/mol. The summed E-state index contributed by atoms with van der Waals surface area (Å²) in [5.41, 5.74) is 8.76. The van der Waals surface area contributed by atoms with E-state index in [9.17, 15) is 4.79 Å². The van der Waals surface area contributed by atoms with Gasteiger partial charge in [-0.05, 0) is 37.1 Å². The molecule has 0 fully saturated rings. The fourth-order valence-corrected chi connectivity index (χ4v) is 1.79. The van der Waals surface area contributed by atoms with Crippen LogP contribution in [-0.4, -0.2) is 17.1 Å². The molecular formula is C13H15N3O2. The number of nitrogen functional groups attached to an aromatic ring is 1. The summed E-state index contributed by atoms with van der Waals surface area (Å²) in [6, 6.07) is 5.51. The highest BCUT2D eigenvalue weighted by Gasteiger charge is 2.10. The normalized spacial score (nSPS) is 10.4. The molecule has 5 nitrogen and oxygen atoms in total. The first-order valence-electron chi connectivity index (χ1n) is 5.53. The maximum absolute atomic E-state index is 11.3. The first-order chi connectivity index (χ1) is 8.51. The van der Waals surface area contributed by atoms with E-state index in [-0.39, 0.29) is 5.82 Å². The van der Waals surface area contributed by atoms with Crippen LogP contribution in [0.5, 0.6) is 5.75 Å². The topological polar surface area (TPSA) is 81.0 Å². The van der Waals surface area contributed by atoms with Crippen LogP contribution < -0.4 is 16.2 Å². The van der Waals surface area contributed by atoms with Crippen LogP contribution in [-0.2, 0) is 0 Å². The SMILES string of the molecule is COc1cc(C)c(C)cc1-c1cc(N)nc(=O)[nH]1. The Balaban J connectivity index is 2.69. The zero-order valence-electron chi connectivity index (χ0n) is 10.6. The molecule has 0 amide bonds. The molecule has 0 spiro atoms. The number of H-pyrrole nitrogens is 1. The fourth-order valence-electron chi connectivity index (χ4n) is 1.79. The van der Waals surface area contributed by atoms with E-state index in [2.05, 4.69) is 9.97 Å². The number of anilines is 1. The van der Waals surface area contributed by atoms with Crippen molar-refractivity contribution in [2.24, 2.45) is 0 Å². The lowest BCUT2D eigenvalue weighted by molar-refractivity contribution is 0.416. The Morgan fingerprint density at radius 1 is 1.22 bits per heavy atom. The average Bonchev–Trinajstić information content (AvgIpc) is 2.30. The molecule has 3 N–H and O–H groups in total. The molecule has 94 valence electrons. The summed E-state index contributed by atoms with van der Waals surface area (Å²) < 4.78 is 5.33. The summed E-state index contributed by atoms with van der Waals surface area (Å²) in [5, 5.41) is 0. The molecule has 0 saturated heterocycles. The Hall–Kier alpha value is -2.30. The number of ether oxygens (including phenoxy) is 1. The van der Waals surface area contributed by atoms with Crippen LogP contribution in [0.15, 0.2) is 23.0 Å². The molecule has 1 heterocycles. The second kappa shape index (κ2) is 4.52. The van der Waals surface area contributed by atoms with Crippen molar-refractivity contribution < 1.29 is 4.74 Å². The molecule has 0 atom stereocenters. The van der Waals surface area contributed by atoms with Gasteiger partial charge in [-0.15, -0.1) is 0 Å². The molecule has 0 aliphatic carbocycles. The van der Waals surface area contributed by atoms with Crippen molar-refractivity contribution in [2.45, 2.75) is 13.8 Å². The number of aromatic nitrogens is 2. The van der Waals surface area contributed by atoms with Crippen molar-refractivity contribution in [3.8, 4) is 17.0 Å². The predicted octanol–water partition coefficient (Wildman–Crippen LogP) is 1.64.